The van der Waals surface area contributed by atoms with Crippen LogP contribution in [-0.4, -0.2) is 59.4 Å². The van der Waals surface area contributed by atoms with Crippen molar-refractivity contribution >= 4 is 22.6 Å². The molecule has 4 rings (SSSR count). The Morgan fingerprint density at radius 1 is 1.10 bits per heavy atom. The fourth-order valence-electron chi connectivity index (χ4n) is 3.52. The maximum Gasteiger partial charge on any atom is 0.239 e. The van der Waals surface area contributed by atoms with E-state index < -0.39 is 5.92 Å². The van der Waals surface area contributed by atoms with Gasteiger partial charge in [0.05, 0.1) is 31.0 Å². The third kappa shape index (κ3) is 4.62. The van der Waals surface area contributed by atoms with Crippen LogP contribution in [0.5, 0.6) is 5.75 Å². The lowest BCUT2D eigenvalue weighted by molar-refractivity contribution is -0.116. The van der Waals surface area contributed by atoms with Gasteiger partial charge in [-0.05, 0) is 18.6 Å². The van der Waals surface area contributed by atoms with Crippen molar-refractivity contribution in [2.24, 2.45) is 0 Å². The number of hydrogen-bond donors (Lipinski definition) is 1. The lowest BCUT2D eigenvalue weighted by Crippen LogP contribution is -2.15. The number of amides is 1. The number of nitrogens with one attached hydrogen (secondary N) is 1. The van der Waals surface area contributed by atoms with Crippen molar-refractivity contribution in [3.05, 3.63) is 47.8 Å². The number of carbonyl (C=O) groups is 1. The summed E-state index contributed by atoms with van der Waals surface area (Å²) in [5, 5.41) is 3.66. The normalized spacial score (nSPS) is 15.2. The zero-order valence-electron chi connectivity index (χ0n) is 17.6. The molecule has 2 aromatic heterocycles. The first-order valence-corrected chi connectivity index (χ1v) is 10.3. The van der Waals surface area contributed by atoms with Gasteiger partial charge in [-0.25, -0.2) is 19.9 Å². The summed E-state index contributed by atoms with van der Waals surface area (Å²) in [6.07, 6.45) is 4.90. The zero-order valence-corrected chi connectivity index (χ0v) is 17.6. The Morgan fingerprint density at radius 2 is 1.97 bits per heavy atom. The summed E-state index contributed by atoms with van der Waals surface area (Å²) in [5.41, 5.74) is 2.06. The van der Waals surface area contributed by atoms with Crippen LogP contribution in [0.4, 0.5) is 5.82 Å². The highest BCUT2D eigenvalue weighted by Crippen LogP contribution is 2.37. The summed E-state index contributed by atoms with van der Waals surface area (Å²) < 4.78 is 16.1. The van der Waals surface area contributed by atoms with E-state index in [1.165, 1.54) is 6.33 Å². The van der Waals surface area contributed by atoms with Gasteiger partial charge in [0.2, 0.25) is 5.91 Å². The number of rotatable bonds is 10. The van der Waals surface area contributed by atoms with Gasteiger partial charge >= 0.3 is 0 Å². The molecule has 0 radical (unpaired) electrons. The Hall–Kier alpha value is -3.17. The van der Waals surface area contributed by atoms with E-state index in [-0.39, 0.29) is 5.91 Å². The molecule has 9 heteroatoms. The van der Waals surface area contributed by atoms with E-state index in [4.69, 9.17) is 14.2 Å². The average molecular weight is 423 g/mol. The van der Waals surface area contributed by atoms with Crippen molar-refractivity contribution < 1.29 is 19.0 Å². The topological polar surface area (TPSA) is 108 Å². The highest BCUT2D eigenvalue weighted by molar-refractivity contribution is 6.05. The Labute approximate surface area is 180 Å². The predicted octanol–water partition coefficient (Wildman–Crippen LogP) is 2.50. The minimum absolute atomic E-state index is 0.161. The van der Waals surface area contributed by atoms with Crippen LogP contribution in [-0.2, 0) is 20.7 Å². The monoisotopic (exact) mass is 423 g/mol. The molecule has 1 atom stereocenters. The molecular weight excluding hydrogens is 398 g/mol. The maximum atomic E-state index is 12.8. The smallest absolute Gasteiger partial charge is 0.239 e. The zero-order chi connectivity index (χ0) is 21.6. The van der Waals surface area contributed by atoms with Gasteiger partial charge in [0.15, 0.2) is 0 Å². The highest BCUT2D eigenvalue weighted by atomic mass is 16.5. The third-order valence-electron chi connectivity index (χ3n) is 5.00. The minimum atomic E-state index is -0.572. The molecule has 0 bridgehead atoms. The highest BCUT2D eigenvalue weighted by Gasteiger charge is 2.36. The van der Waals surface area contributed by atoms with Gasteiger partial charge in [-0.3, -0.25) is 4.79 Å². The molecule has 9 nitrogen and oxygen atoms in total. The number of anilines is 1. The summed E-state index contributed by atoms with van der Waals surface area (Å²) in [4.78, 5) is 30.5. The summed E-state index contributed by atoms with van der Waals surface area (Å²) in [7, 11) is 1.63. The maximum absolute atomic E-state index is 12.8. The fourth-order valence-corrected chi connectivity index (χ4v) is 3.52. The number of benzene rings is 1. The summed E-state index contributed by atoms with van der Waals surface area (Å²) in [6.45, 7) is 4.04. The van der Waals surface area contributed by atoms with Gasteiger partial charge in [0, 0.05) is 36.7 Å². The lowest BCUT2D eigenvalue weighted by Gasteiger charge is -2.12. The largest absolute Gasteiger partial charge is 0.491 e. The molecule has 1 N–H and O–H groups in total. The predicted molar refractivity (Wildman–Crippen MR) is 114 cm³/mol. The Kier molecular flexibility index (Phi) is 6.63. The van der Waals surface area contributed by atoms with Crippen molar-refractivity contribution in [1.29, 1.82) is 0 Å². The van der Waals surface area contributed by atoms with Crippen LogP contribution in [0.15, 0.2) is 30.7 Å². The molecule has 0 saturated heterocycles. The van der Waals surface area contributed by atoms with E-state index in [0.717, 1.165) is 29.6 Å². The molecule has 0 saturated carbocycles. The second-order valence-corrected chi connectivity index (χ2v) is 7.15. The molecule has 0 fully saturated rings. The molecule has 162 valence electrons. The standard InChI is InChI=1S/C22H25N5O4/c1-3-4-18-23-12-16-19(22(28)27-21(16)26-18)20-15-6-5-14(11-17(15)24-13-25-20)31-10-9-30-8-7-29-2/h5-6,11-13,19H,3-4,7-10H2,1-2H3,(H,23,26,27,28). The molecule has 1 unspecified atom stereocenters. The number of hydrogen-bond acceptors (Lipinski definition) is 8. The summed E-state index contributed by atoms with van der Waals surface area (Å²) in [6, 6.07) is 5.56. The van der Waals surface area contributed by atoms with E-state index in [9.17, 15) is 4.79 Å². The Balaban J connectivity index is 1.55. The molecule has 31 heavy (non-hydrogen) atoms. The van der Waals surface area contributed by atoms with Crippen LogP contribution >= 0.6 is 0 Å². The first-order chi connectivity index (χ1) is 15.2. The van der Waals surface area contributed by atoms with Crippen LogP contribution in [0.3, 0.4) is 0 Å². The number of nitrogens with zero attached hydrogens (tertiary/aromatic N) is 4. The second-order valence-electron chi connectivity index (χ2n) is 7.15. The second kappa shape index (κ2) is 9.76. The van der Waals surface area contributed by atoms with Crippen molar-refractivity contribution in [3.63, 3.8) is 0 Å². The van der Waals surface area contributed by atoms with Crippen LogP contribution in [0, 0.1) is 0 Å². The first-order valence-electron chi connectivity index (χ1n) is 10.3. The molecule has 0 spiro atoms. The number of methoxy groups -OCH3 is 1. The van der Waals surface area contributed by atoms with E-state index >= 15 is 0 Å². The van der Waals surface area contributed by atoms with E-state index in [1.54, 1.807) is 13.3 Å². The van der Waals surface area contributed by atoms with Crippen molar-refractivity contribution in [1.82, 2.24) is 19.9 Å². The quantitative estimate of drug-likeness (QED) is 0.496. The fraction of sp³-hybridized carbons (Fsp3) is 0.409. The van der Waals surface area contributed by atoms with Gasteiger partial charge in [-0.1, -0.05) is 6.92 Å². The molecule has 1 aliphatic heterocycles. The number of aryl methyl sites for hydroxylation is 1. The van der Waals surface area contributed by atoms with Crippen LogP contribution < -0.4 is 10.1 Å². The lowest BCUT2D eigenvalue weighted by atomic mass is 9.96. The summed E-state index contributed by atoms with van der Waals surface area (Å²) >= 11 is 0. The molecular formula is C22H25N5O4. The van der Waals surface area contributed by atoms with E-state index in [2.05, 4.69) is 32.2 Å². The van der Waals surface area contributed by atoms with Crippen LogP contribution in [0.1, 0.15) is 36.3 Å². The number of carbonyl (C=O) groups excluding carboxylic acids is 1. The molecule has 1 amide bonds. The first kappa shape index (κ1) is 21.1. The molecule has 0 aliphatic carbocycles. The van der Waals surface area contributed by atoms with Crippen LogP contribution in [0.25, 0.3) is 10.9 Å². The molecule has 1 aliphatic rings. The van der Waals surface area contributed by atoms with Crippen molar-refractivity contribution in [2.45, 2.75) is 25.7 Å². The van der Waals surface area contributed by atoms with Crippen LogP contribution in [0.2, 0.25) is 0 Å². The van der Waals surface area contributed by atoms with Crippen molar-refractivity contribution in [3.8, 4) is 5.75 Å². The van der Waals surface area contributed by atoms with Gasteiger partial charge in [-0.2, -0.15) is 0 Å². The Bertz CT molecular complexity index is 1070. The van der Waals surface area contributed by atoms with Gasteiger partial charge in [0.1, 0.15) is 36.2 Å². The van der Waals surface area contributed by atoms with Gasteiger partial charge in [-0.15, -0.1) is 0 Å². The van der Waals surface area contributed by atoms with E-state index in [0.29, 0.717) is 49.2 Å². The summed E-state index contributed by atoms with van der Waals surface area (Å²) in [5.74, 6) is 1.23. The molecule has 1 aromatic carbocycles. The Morgan fingerprint density at radius 3 is 2.81 bits per heavy atom. The van der Waals surface area contributed by atoms with E-state index in [1.807, 2.05) is 18.2 Å². The minimum Gasteiger partial charge on any atom is -0.491 e. The molecule has 3 heterocycles. The molecule has 3 aromatic rings. The number of ether oxygens (including phenoxy) is 3. The van der Waals surface area contributed by atoms with Gasteiger partial charge < -0.3 is 19.5 Å². The van der Waals surface area contributed by atoms with Gasteiger partial charge in [0.25, 0.3) is 0 Å². The number of aromatic nitrogens is 4. The average Bonchev–Trinajstić information content (AvgIpc) is 3.10. The number of fused-ring (bicyclic) bond motifs is 2. The third-order valence-corrected chi connectivity index (χ3v) is 5.00. The SMILES string of the molecule is CCCc1ncc2c(n1)NC(=O)C2c1ncnc2cc(OCCOCCOC)ccc12. The van der Waals surface area contributed by atoms with Crippen molar-refractivity contribution in [2.75, 3.05) is 38.9 Å².